The summed E-state index contributed by atoms with van der Waals surface area (Å²) in [7, 11) is 2.77. The van der Waals surface area contributed by atoms with Crippen LogP contribution in [-0.2, 0) is 11.3 Å². The standard InChI is InChI=1S/C17H14BrFN5O2P/c18-8-1-2-10-11(3-8)15(12-4-13(12)27)23-24(16(10)26)7-14(25)22-17-20-5-9(19)6-21-17/h1-3,5-6,12-13H,4,7,27H2,(H,20,21,22,25)/t12-,13-/m1/s1. The first-order chi connectivity index (χ1) is 12.9. The molecular weight excluding hydrogens is 436 g/mol. The van der Waals surface area contributed by atoms with E-state index in [0.717, 1.165) is 39.0 Å². The number of nitrogens with zero attached hydrogens (tertiary/aromatic N) is 4. The minimum absolute atomic E-state index is 0.0355. The van der Waals surface area contributed by atoms with Gasteiger partial charge < -0.3 is 0 Å². The summed E-state index contributed by atoms with van der Waals surface area (Å²) in [5, 5.41) is 8.20. The van der Waals surface area contributed by atoms with Crippen molar-refractivity contribution in [3.63, 3.8) is 0 Å². The molecule has 0 saturated heterocycles. The Balaban J connectivity index is 1.68. The van der Waals surface area contributed by atoms with Gasteiger partial charge in [0.25, 0.3) is 5.56 Å². The molecule has 4 rings (SSSR count). The van der Waals surface area contributed by atoms with Gasteiger partial charge in [-0.25, -0.2) is 19.0 Å². The van der Waals surface area contributed by atoms with Gasteiger partial charge in [-0.1, -0.05) is 15.9 Å². The summed E-state index contributed by atoms with van der Waals surface area (Å²) < 4.78 is 14.9. The normalized spacial score (nSPS) is 18.5. The molecule has 1 aromatic carbocycles. The molecule has 1 aliphatic rings. The maximum absolute atomic E-state index is 12.9. The van der Waals surface area contributed by atoms with Crippen molar-refractivity contribution in [1.82, 2.24) is 19.7 Å². The van der Waals surface area contributed by atoms with Crippen LogP contribution in [0.15, 0.2) is 39.9 Å². The predicted molar refractivity (Wildman–Crippen MR) is 105 cm³/mol. The van der Waals surface area contributed by atoms with Crippen LogP contribution in [0.1, 0.15) is 18.0 Å². The first kappa shape index (κ1) is 18.1. The summed E-state index contributed by atoms with van der Waals surface area (Å²) in [6.45, 7) is -0.285. The molecule has 7 nitrogen and oxygen atoms in total. The van der Waals surface area contributed by atoms with E-state index in [-0.39, 0.29) is 24.0 Å². The van der Waals surface area contributed by atoms with Crippen LogP contribution in [0, 0.1) is 5.82 Å². The maximum atomic E-state index is 12.9. The third kappa shape index (κ3) is 3.75. The Morgan fingerprint density at radius 2 is 2.04 bits per heavy atom. The highest BCUT2D eigenvalue weighted by atomic mass is 79.9. The lowest BCUT2D eigenvalue weighted by Crippen LogP contribution is -2.31. The Morgan fingerprint density at radius 3 is 2.70 bits per heavy atom. The second-order valence-electron chi connectivity index (χ2n) is 6.32. The molecule has 0 bridgehead atoms. The van der Waals surface area contributed by atoms with Gasteiger partial charge >= 0.3 is 0 Å². The van der Waals surface area contributed by atoms with Gasteiger partial charge in [0.15, 0.2) is 5.82 Å². The molecule has 27 heavy (non-hydrogen) atoms. The number of rotatable bonds is 4. The van der Waals surface area contributed by atoms with Crippen molar-refractivity contribution >= 4 is 47.8 Å². The average molecular weight is 450 g/mol. The molecule has 138 valence electrons. The molecule has 0 spiro atoms. The largest absolute Gasteiger partial charge is 0.293 e. The number of nitrogens with one attached hydrogen (secondary N) is 1. The molecule has 0 radical (unpaired) electrons. The Labute approximate surface area is 163 Å². The molecule has 1 amide bonds. The highest BCUT2D eigenvalue weighted by molar-refractivity contribution is 9.10. The van der Waals surface area contributed by atoms with E-state index < -0.39 is 11.7 Å². The van der Waals surface area contributed by atoms with Crippen molar-refractivity contribution in [2.45, 2.75) is 24.5 Å². The van der Waals surface area contributed by atoms with Gasteiger partial charge in [-0.15, -0.1) is 9.24 Å². The fourth-order valence-electron chi connectivity index (χ4n) is 2.87. The van der Waals surface area contributed by atoms with Gasteiger partial charge in [-0.3, -0.25) is 14.9 Å². The lowest BCUT2D eigenvalue weighted by molar-refractivity contribution is -0.117. The van der Waals surface area contributed by atoms with Crippen molar-refractivity contribution in [2.24, 2.45) is 0 Å². The van der Waals surface area contributed by atoms with E-state index in [0.29, 0.717) is 11.0 Å². The van der Waals surface area contributed by atoms with Crippen molar-refractivity contribution in [3.8, 4) is 0 Å². The second-order valence-corrected chi connectivity index (χ2v) is 8.09. The number of fused-ring (bicyclic) bond motifs is 1. The highest BCUT2D eigenvalue weighted by Gasteiger charge is 2.37. The third-order valence-corrected chi connectivity index (χ3v) is 5.54. The van der Waals surface area contributed by atoms with Gasteiger partial charge in [-0.2, -0.15) is 5.10 Å². The Kier molecular flexibility index (Phi) is 4.74. The first-order valence-electron chi connectivity index (χ1n) is 8.15. The number of carbonyl (C=O) groups is 1. The van der Waals surface area contributed by atoms with Crippen LogP contribution in [0.2, 0.25) is 0 Å². The maximum Gasteiger partial charge on any atom is 0.275 e. The van der Waals surface area contributed by atoms with Crippen LogP contribution < -0.4 is 10.9 Å². The van der Waals surface area contributed by atoms with Crippen LogP contribution in [0.4, 0.5) is 10.3 Å². The Bertz CT molecular complexity index is 1100. The third-order valence-electron chi connectivity index (χ3n) is 4.31. The van der Waals surface area contributed by atoms with Crippen molar-refractivity contribution in [1.29, 1.82) is 0 Å². The van der Waals surface area contributed by atoms with Crippen LogP contribution in [0.25, 0.3) is 10.8 Å². The van der Waals surface area contributed by atoms with E-state index >= 15 is 0 Å². The number of hydrogen-bond acceptors (Lipinski definition) is 5. The summed E-state index contributed by atoms with van der Waals surface area (Å²) in [4.78, 5) is 32.4. The zero-order valence-electron chi connectivity index (χ0n) is 13.9. The molecule has 1 N–H and O–H groups in total. The quantitative estimate of drug-likeness (QED) is 0.617. The smallest absolute Gasteiger partial charge is 0.275 e. The number of anilines is 1. The number of amides is 1. The molecule has 1 fully saturated rings. The molecule has 3 aromatic rings. The van der Waals surface area contributed by atoms with Gasteiger partial charge in [0.1, 0.15) is 6.54 Å². The number of hydrogen-bond donors (Lipinski definition) is 1. The lowest BCUT2D eigenvalue weighted by atomic mass is 10.1. The van der Waals surface area contributed by atoms with Crippen LogP contribution in [0.3, 0.4) is 0 Å². The number of aromatic nitrogens is 4. The van der Waals surface area contributed by atoms with E-state index in [2.05, 4.69) is 45.6 Å². The zero-order valence-corrected chi connectivity index (χ0v) is 16.6. The monoisotopic (exact) mass is 449 g/mol. The number of carbonyl (C=O) groups excluding carboxylic acids is 1. The van der Waals surface area contributed by atoms with Gasteiger partial charge in [-0.05, 0) is 30.3 Å². The molecule has 1 unspecified atom stereocenters. The number of halogens is 2. The summed E-state index contributed by atoms with van der Waals surface area (Å²) in [5.41, 5.74) is 0.862. The highest BCUT2D eigenvalue weighted by Crippen LogP contribution is 2.47. The van der Waals surface area contributed by atoms with Gasteiger partial charge in [0.05, 0.1) is 23.5 Å². The topological polar surface area (TPSA) is 89.8 Å². The molecule has 1 aliphatic carbocycles. The molecule has 3 atom stereocenters. The molecule has 10 heteroatoms. The minimum Gasteiger partial charge on any atom is -0.293 e. The average Bonchev–Trinajstić information content (AvgIpc) is 3.35. The lowest BCUT2D eigenvalue weighted by Gasteiger charge is -2.11. The summed E-state index contributed by atoms with van der Waals surface area (Å²) >= 11 is 3.43. The summed E-state index contributed by atoms with van der Waals surface area (Å²) in [6, 6.07) is 5.39. The molecule has 2 heterocycles. The predicted octanol–water partition coefficient (Wildman–Crippen LogP) is 2.46. The van der Waals surface area contributed by atoms with Crippen molar-refractivity contribution in [2.75, 3.05) is 5.32 Å². The summed E-state index contributed by atoms with van der Waals surface area (Å²) in [6.07, 6.45) is 2.86. The number of benzene rings is 1. The Hall–Kier alpha value is -2.25. The van der Waals surface area contributed by atoms with Gasteiger partial charge in [0, 0.05) is 15.8 Å². The molecule has 2 aromatic heterocycles. The summed E-state index contributed by atoms with van der Waals surface area (Å²) in [5.74, 6) is -0.918. The molecule has 0 aliphatic heterocycles. The van der Waals surface area contributed by atoms with Crippen LogP contribution >= 0.6 is 25.2 Å². The fraction of sp³-hybridized carbons (Fsp3) is 0.235. The minimum atomic E-state index is -0.604. The van der Waals surface area contributed by atoms with E-state index in [9.17, 15) is 14.0 Å². The van der Waals surface area contributed by atoms with E-state index in [1.807, 2.05) is 6.07 Å². The molecule has 1 saturated carbocycles. The van der Waals surface area contributed by atoms with Crippen molar-refractivity contribution in [3.05, 3.63) is 56.9 Å². The first-order valence-corrected chi connectivity index (χ1v) is 9.61. The second kappa shape index (κ2) is 7.05. The molecular formula is C17H14BrFN5O2P. The Morgan fingerprint density at radius 1 is 1.33 bits per heavy atom. The fourth-order valence-corrected chi connectivity index (χ4v) is 3.71. The van der Waals surface area contributed by atoms with Gasteiger partial charge in [0.2, 0.25) is 11.9 Å². The SMILES string of the molecule is O=C(Cn1nc([C@@H]2C[C@H]2P)c2cc(Br)ccc2c1=O)Nc1ncc(F)cn1. The van der Waals surface area contributed by atoms with E-state index in [1.165, 1.54) is 0 Å². The van der Waals surface area contributed by atoms with Crippen LogP contribution in [0.5, 0.6) is 0 Å². The van der Waals surface area contributed by atoms with E-state index in [4.69, 9.17) is 0 Å². The van der Waals surface area contributed by atoms with E-state index in [1.54, 1.807) is 12.1 Å². The van der Waals surface area contributed by atoms with Crippen LogP contribution in [-0.4, -0.2) is 31.3 Å². The van der Waals surface area contributed by atoms with Crippen molar-refractivity contribution < 1.29 is 9.18 Å². The zero-order chi connectivity index (χ0) is 19.1.